The first-order valence-corrected chi connectivity index (χ1v) is 11.3. The number of nitrogens with zero attached hydrogens (tertiary/aromatic N) is 1. The number of hydrogen-bond acceptors (Lipinski definition) is 1. The van der Waals surface area contributed by atoms with Crippen molar-refractivity contribution in [2.24, 2.45) is 17.8 Å². The molecule has 8 rings (SSSR count). The lowest BCUT2D eigenvalue weighted by Gasteiger charge is -2.53. The normalized spacial score (nSPS) is 29.4. The minimum Gasteiger partial charge on any atom is -0.870 e. The minimum atomic E-state index is 0. The van der Waals surface area contributed by atoms with Crippen LogP contribution in [0.15, 0.2) is 67.0 Å². The minimum absolute atomic E-state index is 0. The molecule has 3 nitrogen and oxygen atoms in total. The second-order valence-corrected chi connectivity index (χ2v) is 10.0. The predicted molar refractivity (Wildman–Crippen MR) is 120 cm³/mol. The predicted octanol–water partition coefficient (Wildman–Crippen LogP) is 6.02. The van der Waals surface area contributed by atoms with Crippen LogP contribution in [0, 0.1) is 17.8 Å². The molecular weight excluding hydrogens is 368 g/mol. The van der Waals surface area contributed by atoms with E-state index in [1.807, 2.05) is 0 Å². The molecule has 0 atom stereocenters. The van der Waals surface area contributed by atoms with Crippen LogP contribution in [-0.4, -0.2) is 10.5 Å². The molecule has 4 aliphatic rings. The fraction of sp³-hybridized carbons (Fsp3) is 0.370. The van der Waals surface area contributed by atoms with E-state index in [9.17, 15) is 0 Å². The average molecular weight is 397 g/mol. The van der Waals surface area contributed by atoms with E-state index in [0.29, 0.717) is 5.54 Å². The van der Waals surface area contributed by atoms with Gasteiger partial charge in [0.15, 0.2) is 17.9 Å². The highest BCUT2D eigenvalue weighted by molar-refractivity contribution is 6.11. The third-order valence-electron chi connectivity index (χ3n) is 8.24. The van der Waals surface area contributed by atoms with Gasteiger partial charge in [-0.05, 0) is 48.6 Å². The molecule has 4 fully saturated rings. The van der Waals surface area contributed by atoms with E-state index in [-0.39, 0.29) is 5.48 Å². The van der Waals surface area contributed by atoms with Crippen LogP contribution in [0.4, 0.5) is 0 Å². The van der Waals surface area contributed by atoms with E-state index >= 15 is 0 Å². The zero-order valence-electron chi connectivity index (χ0n) is 17.2. The van der Waals surface area contributed by atoms with Gasteiger partial charge in [0, 0.05) is 53.2 Å². The third kappa shape index (κ3) is 2.51. The maximum atomic E-state index is 3.66. The first kappa shape index (κ1) is 18.1. The van der Waals surface area contributed by atoms with Crippen LogP contribution in [0.2, 0.25) is 0 Å². The number of hydrogen-bond donors (Lipinski definition) is 1. The lowest BCUT2D eigenvalue weighted by molar-refractivity contribution is -0.776. The Balaban J connectivity index is 0.00000175. The van der Waals surface area contributed by atoms with E-state index in [1.165, 1.54) is 71.5 Å². The molecule has 30 heavy (non-hydrogen) atoms. The molecule has 0 saturated heterocycles. The summed E-state index contributed by atoms with van der Waals surface area (Å²) >= 11 is 0. The van der Waals surface area contributed by atoms with Crippen molar-refractivity contribution in [1.82, 2.24) is 4.98 Å². The van der Waals surface area contributed by atoms with Gasteiger partial charge >= 0.3 is 0 Å². The molecule has 152 valence electrons. The maximum Gasteiger partial charge on any atom is 0.169 e. The average Bonchev–Trinajstić information content (AvgIpc) is 3.12. The number of pyridine rings is 1. The van der Waals surface area contributed by atoms with Crippen molar-refractivity contribution >= 4 is 21.8 Å². The Morgan fingerprint density at radius 3 is 2.07 bits per heavy atom. The Hall–Kier alpha value is -2.65. The molecule has 0 radical (unpaired) electrons. The molecular formula is C27H28N2O. The van der Waals surface area contributed by atoms with Crippen molar-refractivity contribution in [3.05, 3.63) is 67.0 Å². The number of benzene rings is 2. The van der Waals surface area contributed by atoms with Crippen molar-refractivity contribution in [3.63, 3.8) is 0 Å². The summed E-state index contributed by atoms with van der Waals surface area (Å²) in [4.78, 5) is 3.66. The first-order valence-electron chi connectivity index (χ1n) is 11.3. The quantitative estimate of drug-likeness (QED) is 0.414. The Kier molecular flexibility index (Phi) is 3.88. The van der Waals surface area contributed by atoms with E-state index < -0.39 is 0 Å². The Morgan fingerprint density at radius 1 is 0.733 bits per heavy atom. The SMILES string of the molecule is [OH-].c1ccc2c(c1)[nH]c1c(-c3cc[n+](C45CC6CC(CC(C6)C4)C5)cc3)cccc12. The molecule has 0 aliphatic heterocycles. The van der Waals surface area contributed by atoms with Crippen LogP contribution in [0.1, 0.15) is 38.5 Å². The fourth-order valence-corrected chi connectivity index (χ4v) is 7.42. The van der Waals surface area contributed by atoms with Crippen molar-refractivity contribution in [3.8, 4) is 11.1 Å². The van der Waals surface area contributed by atoms with E-state index in [1.54, 1.807) is 0 Å². The molecule has 4 bridgehead atoms. The van der Waals surface area contributed by atoms with Gasteiger partial charge in [0.2, 0.25) is 0 Å². The standard InChI is InChI=1S/C27H26N2.H2O/c1-2-7-25-23(4-1)24-6-3-5-22(26(24)28-25)21-8-10-29(11-9-21)27-15-18-12-19(16-27)14-20(13-18)17-27;/h1-11,18-20H,12-17H2;1H2. The topological polar surface area (TPSA) is 49.7 Å². The monoisotopic (exact) mass is 396 g/mol. The summed E-state index contributed by atoms with van der Waals surface area (Å²) in [6.45, 7) is 0. The van der Waals surface area contributed by atoms with Crippen LogP contribution in [-0.2, 0) is 5.54 Å². The molecule has 2 heterocycles. The summed E-state index contributed by atoms with van der Waals surface area (Å²) in [5.74, 6) is 2.94. The molecule has 2 aromatic heterocycles. The van der Waals surface area contributed by atoms with E-state index in [0.717, 1.165) is 17.8 Å². The van der Waals surface area contributed by atoms with Crippen molar-refractivity contribution in [2.75, 3.05) is 0 Å². The number of aromatic nitrogens is 2. The van der Waals surface area contributed by atoms with Crippen molar-refractivity contribution < 1.29 is 10.0 Å². The third-order valence-corrected chi connectivity index (χ3v) is 8.24. The van der Waals surface area contributed by atoms with Gasteiger partial charge in [0.25, 0.3) is 0 Å². The number of rotatable bonds is 2. The molecule has 0 amide bonds. The lowest BCUT2D eigenvalue weighted by atomic mass is 9.53. The van der Waals surface area contributed by atoms with Gasteiger partial charge < -0.3 is 10.5 Å². The van der Waals surface area contributed by atoms with Gasteiger partial charge in [-0.15, -0.1) is 0 Å². The molecule has 4 aromatic rings. The molecule has 0 unspecified atom stereocenters. The molecule has 2 N–H and O–H groups in total. The van der Waals surface area contributed by atoms with Gasteiger partial charge in [0.05, 0.1) is 5.52 Å². The van der Waals surface area contributed by atoms with Crippen LogP contribution in [0.25, 0.3) is 32.9 Å². The summed E-state index contributed by atoms with van der Waals surface area (Å²) in [5, 5.41) is 2.62. The van der Waals surface area contributed by atoms with Crippen LogP contribution >= 0.6 is 0 Å². The molecule has 0 spiro atoms. The van der Waals surface area contributed by atoms with E-state index in [2.05, 4.69) is 76.5 Å². The van der Waals surface area contributed by atoms with Gasteiger partial charge in [-0.3, -0.25) is 0 Å². The highest BCUT2D eigenvalue weighted by atomic mass is 16.0. The van der Waals surface area contributed by atoms with Crippen molar-refractivity contribution in [2.45, 2.75) is 44.1 Å². The number of aromatic amines is 1. The lowest BCUT2D eigenvalue weighted by Crippen LogP contribution is -2.64. The van der Waals surface area contributed by atoms with Crippen LogP contribution < -0.4 is 4.57 Å². The zero-order chi connectivity index (χ0) is 19.0. The number of H-pyrrole nitrogens is 1. The second kappa shape index (κ2) is 6.42. The molecule has 4 saturated carbocycles. The van der Waals surface area contributed by atoms with Gasteiger partial charge in [-0.1, -0.05) is 36.4 Å². The number of fused-ring (bicyclic) bond motifs is 3. The molecule has 4 aliphatic carbocycles. The van der Waals surface area contributed by atoms with Crippen LogP contribution in [0.3, 0.4) is 0 Å². The van der Waals surface area contributed by atoms with Crippen molar-refractivity contribution in [1.29, 1.82) is 0 Å². The second-order valence-electron chi connectivity index (χ2n) is 10.0. The highest BCUT2D eigenvalue weighted by Gasteiger charge is 2.56. The first-order chi connectivity index (χ1) is 14.3. The number of nitrogens with one attached hydrogen (secondary N) is 1. The molecule has 3 heteroatoms. The highest BCUT2D eigenvalue weighted by Crippen LogP contribution is 2.56. The zero-order valence-corrected chi connectivity index (χ0v) is 17.2. The van der Waals surface area contributed by atoms with Gasteiger partial charge in [-0.2, -0.15) is 4.57 Å². The summed E-state index contributed by atoms with van der Waals surface area (Å²) in [6, 6.07) is 20.0. The maximum absolute atomic E-state index is 3.66. The van der Waals surface area contributed by atoms with E-state index in [4.69, 9.17) is 0 Å². The Morgan fingerprint density at radius 2 is 1.37 bits per heavy atom. The largest absolute Gasteiger partial charge is 0.870 e. The van der Waals surface area contributed by atoms with Gasteiger partial charge in [-0.25, -0.2) is 0 Å². The number of para-hydroxylation sites is 2. The summed E-state index contributed by atoms with van der Waals surface area (Å²) in [5.41, 5.74) is 5.48. The van der Waals surface area contributed by atoms with Gasteiger partial charge in [0.1, 0.15) is 0 Å². The Bertz CT molecular complexity index is 1200. The molecule has 2 aromatic carbocycles. The Labute approximate surface area is 177 Å². The summed E-state index contributed by atoms with van der Waals surface area (Å²) in [7, 11) is 0. The summed E-state index contributed by atoms with van der Waals surface area (Å²) in [6.07, 6.45) is 13.5. The smallest absolute Gasteiger partial charge is 0.169 e. The van der Waals surface area contributed by atoms with Crippen LogP contribution in [0.5, 0.6) is 0 Å². The summed E-state index contributed by atoms with van der Waals surface area (Å²) < 4.78 is 2.59. The fourth-order valence-electron chi connectivity index (χ4n) is 7.42.